The normalized spacial score (nSPS) is 10.8. The van der Waals surface area contributed by atoms with E-state index in [2.05, 4.69) is 15.8 Å². The summed E-state index contributed by atoms with van der Waals surface area (Å²) >= 11 is 11.3. The van der Waals surface area contributed by atoms with Gasteiger partial charge >= 0.3 is 5.97 Å². The van der Waals surface area contributed by atoms with Crippen LogP contribution in [0.5, 0.6) is 5.75 Å². The Morgan fingerprint density at radius 1 is 1.00 bits per heavy atom. The van der Waals surface area contributed by atoms with E-state index in [1.54, 1.807) is 36.5 Å². The second kappa shape index (κ2) is 10.3. The smallest absolute Gasteiger partial charge is 0.343 e. The number of hydrogen-bond acceptors (Lipinski definition) is 4. The molecule has 0 radical (unpaired) electrons. The van der Waals surface area contributed by atoms with Crippen molar-refractivity contribution in [1.82, 2.24) is 5.43 Å². The first-order valence-corrected chi connectivity index (χ1v) is 10.9. The molecule has 0 amide bonds. The van der Waals surface area contributed by atoms with E-state index >= 15 is 0 Å². The van der Waals surface area contributed by atoms with E-state index in [1.165, 1.54) is 0 Å². The maximum atomic E-state index is 12.7. The number of aryl methyl sites for hydroxylation is 1. The van der Waals surface area contributed by atoms with Gasteiger partial charge in [-0.15, -0.1) is 0 Å². The van der Waals surface area contributed by atoms with Crippen molar-refractivity contribution in [1.29, 1.82) is 0 Å². The number of halogens is 1. The Kier molecular flexibility index (Phi) is 6.98. The zero-order valence-electron chi connectivity index (χ0n) is 17.7. The molecule has 0 saturated heterocycles. The van der Waals surface area contributed by atoms with Crippen molar-refractivity contribution in [2.45, 2.75) is 6.92 Å². The molecule has 0 aliphatic heterocycles. The Bertz CT molecular complexity index is 1350. The molecule has 0 aliphatic carbocycles. The van der Waals surface area contributed by atoms with Gasteiger partial charge in [0.1, 0.15) is 5.75 Å². The van der Waals surface area contributed by atoms with E-state index in [0.29, 0.717) is 27.0 Å². The van der Waals surface area contributed by atoms with Crippen LogP contribution in [0.4, 0.5) is 5.69 Å². The molecule has 0 spiro atoms. The number of nitrogens with zero attached hydrogens (tertiary/aromatic N) is 1. The highest BCUT2D eigenvalue weighted by Crippen LogP contribution is 2.27. The number of esters is 1. The Balaban J connectivity index is 1.56. The summed E-state index contributed by atoms with van der Waals surface area (Å²) in [7, 11) is 0. The third kappa shape index (κ3) is 5.74. The van der Waals surface area contributed by atoms with E-state index in [4.69, 9.17) is 28.6 Å². The molecule has 0 aliphatic rings. The van der Waals surface area contributed by atoms with Gasteiger partial charge in [-0.2, -0.15) is 5.10 Å². The first-order valence-electron chi connectivity index (χ1n) is 10.2. The summed E-state index contributed by atoms with van der Waals surface area (Å²) in [5.41, 5.74) is 5.73. The average molecular weight is 474 g/mol. The van der Waals surface area contributed by atoms with Crippen LogP contribution in [0.2, 0.25) is 5.02 Å². The lowest BCUT2D eigenvalue weighted by Crippen LogP contribution is -2.23. The highest BCUT2D eigenvalue weighted by molar-refractivity contribution is 7.80. The molecule has 4 rings (SSSR count). The predicted molar refractivity (Wildman–Crippen MR) is 138 cm³/mol. The van der Waals surface area contributed by atoms with Crippen LogP contribution in [0.3, 0.4) is 0 Å². The topological polar surface area (TPSA) is 62.7 Å². The maximum Gasteiger partial charge on any atom is 0.343 e. The summed E-state index contributed by atoms with van der Waals surface area (Å²) in [6, 6.07) is 25.9. The zero-order valence-corrected chi connectivity index (χ0v) is 19.3. The average Bonchev–Trinajstić information content (AvgIpc) is 2.80. The van der Waals surface area contributed by atoms with Gasteiger partial charge in [0.25, 0.3) is 0 Å². The highest BCUT2D eigenvalue weighted by atomic mass is 35.5. The van der Waals surface area contributed by atoms with Crippen molar-refractivity contribution in [2.24, 2.45) is 5.10 Å². The number of hydrazone groups is 1. The van der Waals surface area contributed by atoms with E-state index in [1.807, 2.05) is 61.5 Å². The Labute approximate surface area is 202 Å². The maximum absolute atomic E-state index is 12.7. The first kappa shape index (κ1) is 22.5. The van der Waals surface area contributed by atoms with Crippen LogP contribution in [-0.4, -0.2) is 17.3 Å². The van der Waals surface area contributed by atoms with Crippen LogP contribution >= 0.6 is 23.8 Å². The molecular formula is C26H20ClN3O2S. The van der Waals surface area contributed by atoms with E-state index in [-0.39, 0.29) is 0 Å². The summed E-state index contributed by atoms with van der Waals surface area (Å²) in [5, 5.41) is 10.1. The fourth-order valence-electron chi connectivity index (χ4n) is 3.23. The molecule has 2 N–H and O–H groups in total. The Morgan fingerprint density at radius 3 is 2.58 bits per heavy atom. The number of carbonyl (C=O) groups excluding carboxylic acids is 1. The number of rotatable bonds is 5. The molecular weight excluding hydrogens is 454 g/mol. The fraction of sp³-hybridized carbons (Fsp3) is 0.0385. The third-order valence-corrected chi connectivity index (χ3v) is 5.29. The number of fused-ring (bicyclic) bond motifs is 1. The van der Waals surface area contributed by atoms with Gasteiger partial charge in [-0.05, 0) is 66.3 Å². The van der Waals surface area contributed by atoms with Crippen LogP contribution in [0.1, 0.15) is 21.5 Å². The minimum atomic E-state index is -0.439. The van der Waals surface area contributed by atoms with Crippen LogP contribution in [0, 0.1) is 6.92 Å². The summed E-state index contributed by atoms with van der Waals surface area (Å²) < 4.78 is 5.72. The predicted octanol–water partition coefficient (Wildman–Crippen LogP) is 6.34. The van der Waals surface area contributed by atoms with Gasteiger partial charge in [0, 0.05) is 16.3 Å². The molecule has 33 heavy (non-hydrogen) atoms. The monoisotopic (exact) mass is 473 g/mol. The van der Waals surface area contributed by atoms with Crippen LogP contribution in [0.15, 0.2) is 90.0 Å². The molecule has 0 unspecified atom stereocenters. The van der Waals surface area contributed by atoms with Gasteiger partial charge < -0.3 is 10.1 Å². The summed E-state index contributed by atoms with van der Waals surface area (Å²) in [4.78, 5) is 12.7. The molecule has 7 heteroatoms. The molecule has 0 heterocycles. The molecule has 4 aromatic carbocycles. The SMILES string of the molecule is Cc1ccc(C(=O)Oc2ccc3ccccc3c2/C=N/NC(=S)Nc2cccc(Cl)c2)cc1. The van der Waals surface area contributed by atoms with E-state index in [0.717, 1.165) is 22.0 Å². The van der Waals surface area contributed by atoms with Gasteiger partial charge in [0.05, 0.1) is 11.8 Å². The number of ether oxygens (including phenoxy) is 1. The van der Waals surface area contributed by atoms with Crippen molar-refractivity contribution in [2.75, 3.05) is 5.32 Å². The van der Waals surface area contributed by atoms with Gasteiger partial charge in [-0.3, -0.25) is 5.43 Å². The third-order valence-electron chi connectivity index (χ3n) is 4.86. The minimum absolute atomic E-state index is 0.298. The second-order valence-corrected chi connectivity index (χ2v) is 8.13. The van der Waals surface area contributed by atoms with Crippen LogP contribution in [-0.2, 0) is 0 Å². The molecule has 0 fully saturated rings. The van der Waals surface area contributed by atoms with Gasteiger partial charge in [-0.25, -0.2) is 4.79 Å². The minimum Gasteiger partial charge on any atom is -0.422 e. The lowest BCUT2D eigenvalue weighted by atomic mass is 10.0. The molecule has 0 aromatic heterocycles. The van der Waals surface area contributed by atoms with Crippen LogP contribution < -0.4 is 15.5 Å². The first-order chi connectivity index (χ1) is 16.0. The quantitative estimate of drug-likeness (QED) is 0.116. The number of hydrogen-bond donors (Lipinski definition) is 2. The number of anilines is 1. The zero-order chi connectivity index (χ0) is 23.2. The lowest BCUT2D eigenvalue weighted by molar-refractivity contribution is 0.0734. The van der Waals surface area contributed by atoms with Gasteiger partial charge in [-0.1, -0.05) is 65.7 Å². The summed E-state index contributed by atoms with van der Waals surface area (Å²) in [6.07, 6.45) is 1.59. The van der Waals surface area contributed by atoms with Gasteiger partial charge in [0.15, 0.2) is 5.11 Å². The summed E-state index contributed by atoms with van der Waals surface area (Å²) in [6.45, 7) is 1.96. The largest absolute Gasteiger partial charge is 0.422 e. The molecule has 164 valence electrons. The van der Waals surface area contributed by atoms with Crippen molar-refractivity contribution >= 4 is 57.6 Å². The molecule has 4 aromatic rings. The standard InChI is InChI=1S/C26H20ClN3O2S/c1-17-9-11-19(12-10-17)25(31)32-24-14-13-18-5-2-3-8-22(18)23(24)16-28-30-26(33)29-21-7-4-6-20(27)15-21/h2-16H,1H3,(H2,29,30,33)/b28-16+. The highest BCUT2D eigenvalue weighted by Gasteiger charge is 2.13. The Morgan fingerprint density at radius 2 is 1.79 bits per heavy atom. The van der Waals surface area contributed by atoms with Gasteiger partial charge in [0.2, 0.25) is 0 Å². The van der Waals surface area contributed by atoms with Crippen LogP contribution in [0.25, 0.3) is 10.8 Å². The van der Waals surface area contributed by atoms with Crippen molar-refractivity contribution in [3.05, 3.63) is 107 Å². The van der Waals surface area contributed by atoms with Crippen molar-refractivity contribution in [3.8, 4) is 5.75 Å². The fourth-order valence-corrected chi connectivity index (χ4v) is 3.59. The number of nitrogens with one attached hydrogen (secondary N) is 2. The molecule has 0 saturated carbocycles. The molecule has 5 nitrogen and oxygen atoms in total. The van der Waals surface area contributed by atoms with E-state index in [9.17, 15) is 4.79 Å². The van der Waals surface area contributed by atoms with Crippen molar-refractivity contribution in [3.63, 3.8) is 0 Å². The number of carbonyl (C=O) groups is 1. The summed E-state index contributed by atoms with van der Waals surface area (Å²) in [5.74, 6) is -0.0374. The van der Waals surface area contributed by atoms with E-state index < -0.39 is 5.97 Å². The Hall–Kier alpha value is -3.74. The second-order valence-electron chi connectivity index (χ2n) is 7.29. The number of thiocarbonyl (C=S) groups is 1. The molecule has 0 atom stereocenters. The number of benzene rings is 4. The van der Waals surface area contributed by atoms with Crippen molar-refractivity contribution < 1.29 is 9.53 Å². The molecule has 0 bridgehead atoms. The lowest BCUT2D eigenvalue weighted by Gasteiger charge is -2.11.